The van der Waals surface area contributed by atoms with Gasteiger partial charge in [0.1, 0.15) is 0 Å². The van der Waals surface area contributed by atoms with Gasteiger partial charge in [0.15, 0.2) is 0 Å². The van der Waals surface area contributed by atoms with E-state index in [1.165, 1.54) is 32.1 Å². The Balaban J connectivity index is 0. The number of hydrogen-bond donors (Lipinski definition) is 0. The van der Waals surface area contributed by atoms with Crippen LogP contribution in [0, 0.1) is 11.8 Å². The molecule has 82 valence electrons. The van der Waals surface area contributed by atoms with E-state index in [0.29, 0.717) is 0 Å². The minimum absolute atomic E-state index is 0.884. The van der Waals surface area contributed by atoms with Crippen LogP contribution in [0.2, 0.25) is 0 Å². The van der Waals surface area contributed by atoms with E-state index in [9.17, 15) is 0 Å². The van der Waals surface area contributed by atoms with E-state index >= 15 is 0 Å². The van der Waals surface area contributed by atoms with Gasteiger partial charge < -0.3 is 0 Å². The molecule has 0 aromatic heterocycles. The van der Waals surface area contributed by atoms with E-state index in [1.54, 1.807) is 0 Å². The summed E-state index contributed by atoms with van der Waals surface area (Å²) in [4.78, 5) is 0. The van der Waals surface area contributed by atoms with Crippen molar-refractivity contribution >= 4 is 0 Å². The summed E-state index contributed by atoms with van der Waals surface area (Å²) in [5, 5.41) is 0. The van der Waals surface area contributed by atoms with E-state index in [-0.39, 0.29) is 0 Å². The molecule has 0 bridgehead atoms. The molecule has 0 spiro atoms. The standard InChI is InChI=1S/C5H10.C5H12.C3H8/c1-5-3-2-4-5;1-4-5(2)3;1-3-2/h5H,2-4H2,1H3;5H,4H2,1-3H3;3H2,1-2H3. The van der Waals surface area contributed by atoms with Crippen LogP contribution in [-0.4, -0.2) is 0 Å². The largest absolute Gasteiger partial charge is 0.0656 e. The molecule has 0 aromatic carbocycles. The van der Waals surface area contributed by atoms with Gasteiger partial charge in [-0.3, -0.25) is 0 Å². The van der Waals surface area contributed by atoms with Gasteiger partial charge in [-0.2, -0.15) is 0 Å². The van der Waals surface area contributed by atoms with Crippen molar-refractivity contribution in [3.8, 4) is 0 Å². The molecule has 0 nitrogen and oxygen atoms in total. The average Bonchev–Trinajstić information content (AvgIpc) is 2.03. The summed E-state index contributed by atoms with van der Waals surface area (Å²) in [6.45, 7) is 13.2. The highest BCUT2D eigenvalue weighted by Gasteiger charge is 2.09. The Morgan fingerprint density at radius 1 is 1.08 bits per heavy atom. The third-order valence-corrected chi connectivity index (χ3v) is 2.21. The molecule has 0 aliphatic heterocycles. The van der Waals surface area contributed by atoms with Gasteiger partial charge in [-0.1, -0.05) is 73.6 Å². The molecule has 0 N–H and O–H groups in total. The van der Waals surface area contributed by atoms with Crippen LogP contribution in [0.4, 0.5) is 0 Å². The zero-order valence-corrected chi connectivity index (χ0v) is 10.7. The second kappa shape index (κ2) is 12.0. The second-order valence-corrected chi connectivity index (χ2v) is 4.55. The lowest BCUT2D eigenvalue weighted by atomic mass is 9.88. The zero-order chi connectivity index (χ0) is 10.7. The van der Waals surface area contributed by atoms with E-state index in [2.05, 4.69) is 41.5 Å². The van der Waals surface area contributed by atoms with Gasteiger partial charge >= 0.3 is 0 Å². The van der Waals surface area contributed by atoms with Crippen LogP contribution in [0.3, 0.4) is 0 Å². The highest BCUT2D eigenvalue weighted by molar-refractivity contribution is 4.62. The van der Waals surface area contributed by atoms with Crippen molar-refractivity contribution in [1.82, 2.24) is 0 Å². The molecule has 1 aliphatic carbocycles. The Morgan fingerprint density at radius 3 is 1.31 bits per heavy atom. The van der Waals surface area contributed by atoms with Gasteiger partial charge in [-0.25, -0.2) is 0 Å². The van der Waals surface area contributed by atoms with Gasteiger partial charge in [0.2, 0.25) is 0 Å². The normalized spacial score (nSPS) is 15.0. The quantitative estimate of drug-likeness (QED) is 0.523. The minimum Gasteiger partial charge on any atom is -0.0656 e. The highest BCUT2D eigenvalue weighted by Crippen LogP contribution is 2.24. The Kier molecular flexibility index (Phi) is 14.3. The number of hydrogen-bond acceptors (Lipinski definition) is 0. The first-order chi connectivity index (χ1) is 6.08. The predicted octanol–water partition coefficient (Wildman–Crippen LogP) is 5.28. The lowest BCUT2D eigenvalue weighted by Gasteiger charge is -2.18. The summed E-state index contributed by atoms with van der Waals surface area (Å²) in [6, 6.07) is 0. The summed E-state index contributed by atoms with van der Waals surface area (Å²) in [6.07, 6.45) is 7.02. The van der Waals surface area contributed by atoms with Crippen molar-refractivity contribution in [2.45, 2.75) is 73.6 Å². The van der Waals surface area contributed by atoms with Gasteiger partial charge in [0, 0.05) is 0 Å². The monoisotopic (exact) mass is 186 g/mol. The smallest absolute Gasteiger partial charge is 0.0443 e. The predicted molar refractivity (Wildman–Crippen MR) is 64.1 cm³/mol. The lowest BCUT2D eigenvalue weighted by Crippen LogP contribution is -2.04. The molecular weight excluding hydrogens is 156 g/mol. The molecule has 13 heavy (non-hydrogen) atoms. The Labute approximate surface area is 86.1 Å². The van der Waals surface area contributed by atoms with Crippen molar-refractivity contribution in [3.63, 3.8) is 0 Å². The summed E-state index contributed by atoms with van der Waals surface area (Å²) in [7, 11) is 0. The zero-order valence-electron chi connectivity index (χ0n) is 10.7. The summed E-state index contributed by atoms with van der Waals surface area (Å²) in [5.41, 5.74) is 0. The van der Waals surface area contributed by atoms with Gasteiger partial charge in [0.25, 0.3) is 0 Å². The molecule has 0 unspecified atom stereocenters. The third kappa shape index (κ3) is 18.8. The maximum Gasteiger partial charge on any atom is -0.0443 e. The Morgan fingerprint density at radius 2 is 1.31 bits per heavy atom. The number of rotatable bonds is 1. The van der Waals surface area contributed by atoms with E-state index < -0.39 is 0 Å². The topological polar surface area (TPSA) is 0 Å². The average molecular weight is 186 g/mol. The van der Waals surface area contributed by atoms with Crippen molar-refractivity contribution in [3.05, 3.63) is 0 Å². The van der Waals surface area contributed by atoms with E-state index in [4.69, 9.17) is 0 Å². The molecule has 1 rings (SSSR count). The first kappa shape index (κ1) is 15.5. The molecule has 0 atom stereocenters. The maximum absolute atomic E-state index is 2.31. The molecule has 0 heteroatoms. The van der Waals surface area contributed by atoms with Crippen LogP contribution in [-0.2, 0) is 0 Å². The fourth-order valence-corrected chi connectivity index (χ4v) is 0.612. The van der Waals surface area contributed by atoms with E-state index in [1.807, 2.05) is 0 Å². The second-order valence-electron chi connectivity index (χ2n) is 4.55. The van der Waals surface area contributed by atoms with Crippen LogP contribution in [0.5, 0.6) is 0 Å². The maximum atomic E-state index is 2.31. The molecule has 0 radical (unpaired) electrons. The van der Waals surface area contributed by atoms with Crippen LogP contribution in [0.1, 0.15) is 73.6 Å². The first-order valence-electron chi connectivity index (χ1n) is 6.08. The van der Waals surface area contributed by atoms with Crippen LogP contribution >= 0.6 is 0 Å². The summed E-state index contributed by atoms with van der Waals surface area (Å²) < 4.78 is 0. The molecule has 0 saturated heterocycles. The van der Waals surface area contributed by atoms with Crippen LogP contribution in [0.25, 0.3) is 0 Å². The van der Waals surface area contributed by atoms with Gasteiger partial charge in [-0.05, 0) is 11.8 Å². The van der Waals surface area contributed by atoms with Gasteiger partial charge in [0.05, 0.1) is 0 Å². The van der Waals surface area contributed by atoms with Crippen molar-refractivity contribution in [2.24, 2.45) is 11.8 Å². The molecule has 1 fully saturated rings. The molecular formula is C13H30. The van der Waals surface area contributed by atoms with Crippen molar-refractivity contribution in [1.29, 1.82) is 0 Å². The summed E-state index contributed by atoms with van der Waals surface area (Å²) >= 11 is 0. The van der Waals surface area contributed by atoms with Crippen molar-refractivity contribution < 1.29 is 0 Å². The fourth-order valence-electron chi connectivity index (χ4n) is 0.612. The lowest BCUT2D eigenvalue weighted by molar-refractivity contribution is 0.346. The van der Waals surface area contributed by atoms with Crippen LogP contribution in [0.15, 0.2) is 0 Å². The van der Waals surface area contributed by atoms with E-state index in [0.717, 1.165) is 11.8 Å². The molecule has 1 saturated carbocycles. The molecule has 0 aromatic rings. The minimum atomic E-state index is 0.884. The first-order valence-corrected chi connectivity index (χ1v) is 6.08. The highest BCUT2D eigenvalue weighted by atomic mass is 14.1. The molecule has 1 aliphatic rings. The SMILES string of the molecule is CC1CCC1.CCC.CCC(C)C. The van der Waals surface area contributed by atoms with Gasteiger partial charge in [-0.15, -0.1) is 0 Å². The Bertz CT molecular complexity index is 66.1. The third-order valence-electron chi connectivity index (χ3n) is 2.21. The van der Waals surface area contributed by atoms with Crippen LogP contribution < -0.4 is 0 Å². The molecule has 0 heterocycles. The Hall–Kier alpha value is 0. The summed E-state index contributed by atoms with van der Waals surface area (Å²) in [5.74, 6) is 1.95. The molecule has 0 amide bonds. The fraction of sp³-hybridized carbons (Fsp3) is 1.00. The van der Waals surface area contributed by atoms with Crippen molar-refractivity contribution in [2.75, 3.05) is 0 Å².